The van der Waals surface area contributed by atoms with Crippen molar-refractivity contribution in [1.82, 2.24) is 24.1 Å². The summed E-state index contributed by atoms with van der Waals surface area (Å²) in [6, 6.07) is 80.5. The molecule has 94 heavy (non-hydrogen) atoms. The molecule has 8 nitrogen and oxygen atoms in total. The lowest BCUT2D eigenvalue weighted by atomic mass is 9.79. The molecule has 0 aliphatic heterocycles. The molecule has 5 heterocycles. The fourth-order valence-corrected chi connectivity index (χ4v) is 13.9. The fraction of sp³-hybridized carbons (Fsp3) is 0.186. The van der Waals surface area contributed by atoms with Crippen molar-refractivity contribution in [3.05, 3.63) is 246 Å². The lowest BCUT2D eigenvalue weighted by Crippen LogP contribution is -2.17. The molecule has 0 atom stereocenters. The van der Waals surface area contributed by atoms with E-state index in [1.807, 2.05) is 36.4 Å². The molecular formula is C86H72N6O2. The van der Waals surface area contributed by atoms with Crippen LogP contribution in [0.15, 0.2) is 227 Å². The zero-order valence-corrected chi connectivity index (χ0v) is 55.3. The molecule has 16 aromatic rings. The minimum atomic E-state index is -0.181. The van der Waals surface area contributed by atoms with Gasteiger partial charge in [0.05, 0.1) is 55.8 Å². The minimum absolute atomic E-state index is 0.181. The average molecular weight is 1220 g/mol. The first-order chi connectivity index (χ1) is 45.0. The van der Waals surface area contributed by atoms with E-state index in [2.05, 4.69) is 280 Å². The second-order valence-corrected chi connectivity index (χ2v) is 29.6. The molecule has 0 saturated carbocycles. The van der Waals surface area contributed by atoms with Crippen LogP contribution in [0.3, 0.4) is 0 Å². The van der Waals surface area contributed by atoms with E-state index >= 15 is 0 Å². The Hall–Kier alpha value is -10.9. The number of fused-ring (bicyclic) bond motifs is 14. The van der Waals surface area contributed by atoms with Crippen LogP contribution in [0.5, 0.6) is 0 Å². The molecule has 0 unspecified atom stereocenters. The first kappa shape index (κ1) is 58.2. The number of nitrogens with zero attached hydrogens (tertiary/aromatic N) is 6. The molecule has 5 aromatic heterocycles. The highest BCUT2D eigenvalue weighted by Gasteiger charge is 2.29. The first-order valence-electron chi connectivity index (χ1n) is 32.6. The van der Waals surface area contributed by atoms with E-state index in [0.717, 1.165) is 138 Å². The van der Waals surface area contributed by atoms with Crippen LogP contribution < -0.4 is 0 Å². The predicted molar refractivity (Wildman–Crippen MR) is 390 cm³/mol. The number of hydrogen-bond acceptors (Lipinski definition) is 6. The summed E-state index contributed by atoms with van der Waals surface area (Å²) in [6.45, 7) is 27.3. The molecule has 0 aliphatic rings. The molecule has 11 aromatic carbocycles. The van der Waals surface area contributed by atoms with Crippen molar-refractivity contribution in [3.8, 4) is 73.9 Å². The Balaban J connectivity index is 1.04. The van der Waals surface area contributed by atoms with Crippen molar-refractivity contribution in [2.24, 2.45) is 0 Å². The Bertz CT molecular complexity index is 5690. The second kappa shape index (κ2) is 21.1. The van der Waals surface area contributed by atoms with Gasteiger partial charge in [0, 0.05) is 54.6 Å². The smallest absolute Gasteiger partial charge is 0.166 e. The third-order valence-electron chi connectivity index (χ3n) is 19.2. The van der Waals surface area contributed by atoms with Gasteiger partial charge in [0.1, 0.15) is 22.3 Å². The van der Waals surface area contributed by atoms with Gasteiger partial charge in [-0.05, 0) is 170 Å². The molecule has 0 amide bonds. The summed E-state index contributed by atoms with van der Waals surface area (Å²) >= 11 is 0. The van der Waals surface area contributed by atoms with Crippen LogP contribution in [0.4, 0.5) is 0 Å². The van der Waals surface area contributed by atoms with Gasteiger partial charge >= 0.3 is 0 Å². The number of furan rings is 2. The van der Waals surface area contributed by atoms with Gasteiger partial charge in [0.25, 0.3) is 0 Å². The van der Waals surface area contributed by atoms with Crippen molar-refractivity contribution < 1.29 is 8.83 Å². The lowest BCUT2D eigenvalue weighted by molar-refractivity contribution is 0.568. The van der Waals surface area contributed by atoms with Crippen LogP contribution >= 0.6 is 0 Å². The molecule has 0 fully saturated rings. The monoisotopic (exact) mass is 1220 g/mol. The normalized spacial score (nSPS) is 12.7. The summed E-state index contributed by atoms with van der Waals surface area (Å²) in [5.41, 5.74) is 20.6. The zero-order valence-electron chi connectivity index (χ0n) is 55.3. The lowest BCUT2D eigenvalue weighted by Gasteiger charge is -2.26. The Morgan fingerprint density at radius 1 is 0.319 bits per heavy atom. The Morgan fingerprint density at radius 2 is 0.702 bits per heavy atom. The molecule has 0 aliphatic carbocycles. The minimum Gasteiger partial charge on any atom is -0.455 e. The highest BCUT2D eigenvalue weighted by molar-refractivity contribution is 6.25. The summed E-state index contributed by atoms with van der Waals surface area (Å²) in [7, 11) is 0. The van der Waals surface area contributed by atoms with Crippen molar-refractivity contribution >= 4 is 87.5 Å². The Kier molecular flexibility index (Phi) is 13.1. The molecular weight excluding hydrogens is 1150 g/mol. The van der Waals surface area contributed by atoms with Crippen molar-refractivity contribution in [2.75, 3.05) is 0 Å². The SMILES string of the molecule is CC(C)(C)c1cc(-c2nc(-c3cc(C(C)(C)C)cc(C(C)(C)C)c3)nc(-c3cc(-c4cc(-c5ccc(C#N)cc5)ccc4-n4c5ccccc5c5c6oc7ccccc7c6ccc54)ccc3-n3c4ccccc4c4c5oc6ccccc6c5ccc43)n2)cc(C(C)(C)C)c1. The quantitative estimate of drug-likeness (QED) is 0.158. The summed E-state index contributed by atoms with van der Waals surface area (Å²) in [5.74, 6) is 1.70. The number of aromatic nitrogens is 5. The molecule has 8 heteroatoms. The number of nitriles is 1. The Labute approximate surface area is 547 Å². The molecule has 16 rings (SSSR count). The zero-order chi connectivity index (χ0) is 64.9. The van der Waals surface area contributed by atoms with Crippen LogP contribution in [-0.4, -0.2) is 24.1 Å². The van der Waals surface area contributed by atoms with Gasteiger partial charge < -0.3 is 18.0 Å². The van der Waals surface area contributed by atoms with Gasteiger partial charge in [-0.25, -0.2) is 15.0 Å². The Morgan fingerprint density at radius 3 is 1.15 bits per heavy atom. The van der Waals surface area contributed by atoms with E-state index in [4.69, 9.17) is 23.8 Å². The fourth-order valence-electron chi connectivity index (χ4n) is 13.9. The van der Waals surface area contributed by atoms with Crippen molar-refractivity contribution in [1.29, 1.82) is 5.26 Å². The van der Waals surface area contributed by atoms with Gasteiger partial charge in [0.2, 0.25) is 0 Å². The maximum atomic E-state index is 9.98. The van der Waals surface area contributed by atoms with Gasteiger partial charge in [-0.3, -0.25) is 0 Å². The molecule has 0 bridgehead atoms. The molecule has 458 valence electrons. The van der Waals surface area contributed by atoms with Crippen LogP contribution in [0, 0.1) is 11.3 Å². The largest absolute Gasteiger partial charge is 0.455 e. The van der Waals surface area contributed by atoms with Crippen molar-refractivity contribution in [3.63, 3.8) is 0 Å². The highest BCUT2D eigenvalue weighted by Crippen LogP contribution is 2.47. The summed E-state index contributed by atoms with van der Waals surface area (Å²) in [4.78, 5) is 17.3. The highest BCUT2D eigenvalue weighted by atomic mass is 16.3. The van der Waals surface area contributed by atoms with E-state index in [9.17, 15) is 5.26 Å². The first-order valence-corrected chi connectivity index (χ1v) is 32.6. The van der Waals surface area contributed by atoms with Crippen LogP contribution in [0.2, 0.25) is 0 Å². The maximum absolute atomic E-state index is 9.98. The summed E-state index contributed by atoms with van der Waals surface area (Å²) < 4.78 is 18.6. The van der Waals surface area contributed by atoms with E-state index in [0.29, 0.717) is 23.0 Å². The number of para-hydroxylation sites is 4. The summed E-state index contributed by atoms with van der Waals surface area (Å²) in [6.07, 6.45) is 0. The van der Waals surface area contributed by atoms with Crippen LogP contribution in [0.1, 0.15) is 111 Å². The van der Waals surface area contributed by atoms with Gasteiger partial charge in [-0.15, -0.1) is 0 Å². The standard InChI is InChI=1S/C86H72N6O2/c1-83(2,3)56-41-54(42-57(47-56)84(4,5)6)80-88-81(55-43-58(85(7,8)9)48-59(44-55)86(10,11)12)90-82(89-80)67-46-53(34-38-71(67)92-69-26-18-14-24-65(69)77-73(92)40-36-63-61-22-16-20-28-75(61)94-79(63)77)66-45-52(51-31-29-50(49-87)30-32-51)33-37-70(66)91-68-25-17-13-23-64(68)76-72(91)39-35-62-60-21-15-19-27-74(60)93-78(62)76/h13-48H,1-12H3. The molecule has 0 radical (unpaired) electrons. The number of hydrogen-bond donors (Lipinski definition) is 0. The van der Waals surface area contributed by atoms with E-state index < -0.39 is 0 Å². The van der Waals surface area contributed by atoms with Crippen molar-refractivity contribution in [2.45, 2.75) is 105 Å². The number of benzene rings is 11. The summed E-state index contributed by atoms with van der Waals surface area (Å²) in [5, 5.41) is 18.5. The maximum Gasteiger partial charge on any atom is 0.166 e. The number of rotatable bonds is 7. The van der Waals surface area contributed by atoms with Gasteiger partial charge in [-0.2, -0.15) is 5.26 Å². The third-order valence-corrected chi connectivity index (χ3v) is 19.2. The topological polar surface area (TPSA) is 98.6 Å². The van der Waals surface area contributed by atoms with E-state index in [1.165, 1.54) is 22.3 Å². The van der Waals surface area contributed by atoms with Gasteiger partial charge in [0.15, 0.2) is 17.5 Å². The average Bonchev–Trinajstić information content (AvgIpc) is 1.56. The molecule has 0 saturated heterocycles. The third kappa shape index (κ3) is 9.58. The van der Waals surface area contributed by atoms with E-state index in [1.54, 1.807) is 0 Å². The van der Waals surface area contributed by atoms with Gasteiger partial charge in [-0.1, -0.05) is 192 Å². The van der Waals surface area contributed by atoms with Crippen LogP contribution in [-0.2, 0) is 21.7 Å². The second-order valence-electron chi connectivity index (χ2n) is 29.6. The molecule has 0 N–H and O–H groups in total. The predicted octanol–water partition coefficient (Wildman–Crippen LogP) is 23.3. The molecule has 0 spiro atoms. The van der Waals surface area contributed by atoms with Crippen LogP contribution in [0.25, 0.3) is 155 Å². The van der Waals surface area contributed by atoms with E-state index in [-0.39, 0.29) is 21.7 Å².